The molecule has 1 fully saturated rings. The average Bonchev–Trinajstić information content (AvgIpc) is 2.86. The van der Waals surface area contributed by atoms with E-state index in [0.717, 1.165) is 0 Å². The van der Waals surface area contributed by atoms with Crippen LogP contribution in [0, 0.1) is 0 Å². The van der Waals surface area contributed by atoms with Crippen molar-refractivity contribution in [2.75, 3.05) is 19.6 Å². The maximum Gasteiger partial charge on any atom is 0.276 e. The van der Waals surface area contributed by atoms with E-state index >= 15 is 0 Å². The van der Waals surface area contributed by atoms with Crippen LogP contribution in [0.4, 0.5) is 0 Å². The van der Waals surface area contributed by atoms with Crippen LogP contribution < -0.4 is 11.1 Å². The summed E-state index contributed by atoms with van der Waals surface area (Å²) >= 11 is 0. The predicted molar refractivity (Wildman–Crippen MR) is 67.2 cm³/mol. The lowest BCUT2D eigenvalue weighted by molar-refractivity contribution is -0.127. The van der Waals surface area contributed by atoms with Crippen LogP contribution in [0.25, 0.3) is 0 Å². The highest BCUT2D eigenvalue weighted by Gasteiger charge is 2.33. The standard InChI is InChI=1S/C11H18N6O2/c1-2-9-10(18)13-4-6-17(9)11(19)8-7-16(5-3-12)15-14-8/h7,9H,2-6,12H2,1H3,(H,13,18). The molecule has 1 aromatic rings. The van der Waals surface area contributed by atoms with Gasteiger partial charge in [0, 0.05) is 19.6 Å². The zero-order valence-electron chi connectivity index (χ0n) is 10.9. The van der Waals surface area contributed by atoms with Gasteiger partial charge >= 0.3 is 0 Å². The number of hydrogen-bond donors (Lipinski definition) is 2. The van der Waals surface area contributed by atoms with E-state index in [4.69, 9.17) is 5.73 Å². The molecule has 2 heterocycles. The van der Waals surface area contributed by atoms with E-state index in [1.165, 1.54) is 4.68 Å². The molecule has 0 aliphatic carbocycles. The number of piperazine rings is 1. The fourth-order valence-corrected chi connectivity index (χ4v) is 2.15. The normalized spacial score (nSPS) is 19.4. The fourth-order valence-electron chi connectivity index (χ4n) is 2.15. The highest BCUT2D eigenvalue weighted by Crippen LogP contribution is 2.12. The van der Waals surface area contributed by atoms with Crippen LogP contribution in [-0.4, -0.2) is 57.4 Å². The molecule has 0 spiro atoms. The smallest absolute Gasteiger partial charge is 0.276 e. The van der Waals surface area contributed by atoms with Gasteiger partial charge in [-0.15, -0.1) is 5.10 Å². The number of carbonyl (C=O) groups is 2. The lowest BCUT2D eigenvalue weighted by atomic mass is 10.1. The molecular weight excluding hydrogens is 248 g/mol. The number of nitrogens with zero attached hydrogens (tertiary/aromatic N) is 4. The molecule has 0 aromatic carbocycles. The Bertz CT molecular complexity index is 472. The number of aromatic nitrogens is 3. The third kappa shape index (κ3) is 2.73. The first kappa shape index (κ1) is 13.5. The Labute approximate surface area is 110 Å². The van der Waals surface area contributed by atoms with Gasteiger partial charge in [-0.25, -0.2) is 0 Å². The van der Waals surface area contributed by atoms with Crippen LogP contribution in [0.5, 0.6) is 0 Å². The van der Waals surface area contributed by atoms with Crippen LogP contribution in [0.3, 0.4) is 0 Å². The van der Waals surface area contributed by atoms with Crippen molar-refractivity contribution in [3.05, 3.63) is 11.9 Å². The molecule has 1 atom stereocenters. The second kappa shape index (κ2) is 5.79. The molecule has 1 unspecified atom stereocenters. The predicted octanol–water partition coefficient (Wildman–Crippen LogP) is -1.41. The Morgan fingerprint density at radius 3 is 3.11 bits per heavy atom. The lowest BCUT2D eigenvalue weighted by Crippen LogP contribution is -2.57. The molecule has 104 valence electrons. The zero-order valence-corrected chi connectivity index (χ0v) is 10.9. The molecule has 0 bridgehead atoms. The molecule has 0 saturated carbocycles. The first-order valence-corrected chi connectivity index (χ1v) is 6.36. The summed E-state index contributed by atoms with van der Waals surface area (Å²) in [6, 6.07) is -0.430. The largest absolute Gasteiger partial charge is 0.353 e. The second-order valence-corrected chi connectivity index (χ2v) is 4.37. The van der Waals surface area contributed by atoms with Crippen LogP contribution in [-0.2, 0) is 11.3 Å². The molecular formula is C11H18N6O2. The maximum absolute atomic E-state index is 12.3. The van der Waals surface area contributed by atoms with Gasteiger partial charge in [-0.1, -0.05) is 12.1 Å². The van der Waals surface area contributed by atoms with Gasteiger partial charge in [-0.2, -0.15) is 0 Å². The van der Waals surface area contributed by atoms with Crippen molar-refractivity contribution >= 4 is 11.8 Å². The third-order valence-electron chi connectivity index (χ3n) is 3.09. The van der Waals surface area contributed by atoms with Gasteiger partial charge in [-0.3, -0.25) is 14.3 Å². The molecule has 1 aliphatic rings. The minimum atomic E-state index is -0.430. The Morgan fingerprint density at radius 1 is 1.63 bits per heavy atom. The Hall–Kier alpha value is -1.96. The van der Waals surface area contributed by atoms with E-state index in [-0.39, 0.29) is 17.5 Å². The van der Waals surface area contributed by atoms with Gasteiger partial charge in [0.15, 0.2) is 5.69 Å². The number of nitrogens with one attached hydrogen (secondary N) is 1. The number of hydrogen-bond acceptors (Lipinski definition) is 5. The van der Waals surface area contributed by atoms with Crippen molar-refractivity contribution in [1.82, 2.24) is 25.2 Å². The van der Waals surface area contributed by atoms with Gasteiger partial charge in [-0.05, 0) is 6.42 Å². The van der Waals surface area contributed by atoms with Crippen molar-refractivity contribution < 1.29 is 9.59 Å². The molecule has 1 saturated heterocycles. The van der Waals surface area contributed by atoms with E-state index < -0.39 is 6.04 Å². The van der Waals surface area contributed by atoms with Crippen molar-refractivity contribution in [1.29, 1.82) is 0 Å². The highest BCUT2D eigenvalue weighted by molar-refractivity contribution is 5.96. The molecule has 8 nitrogen and oxygen atoms in total. The molecule has 8 heteroatoms. The number of amides is 2. The summed E-state index contributed by atoms with van der Waals surface area (Å²) in [4.78, 5) is 25.6. The van der Waals surface area contributed by atoms with Crippen LogP contribution in [0.1, 0.15) is 23.8 Å². The molecule has 0 radical (unpaired) electrons. The third-order valence-corrected chi connectivity index (χ3v) is 3.09. The van der Waals surface area contributed by atoms with E-state index in [2.05, 4.69) is 15.6 Å². The quantitative estimate of drug-likeness (QED) is 0.696. The number of nitrogens with two attached hydrogens (primary N) is 1. The highest BCUT2D eigenvalue weighted by atomic mass is 16.2. The molecule has 1 aromatic heterocycles. The summed E-state index contributed by atoms with van der Waals surface area (Å²) in [5, 5.41) is 10.4. The van der Waals surface area contributed by atoms with Crippen molar-refractivity contribution in [3.63, 3.8) is 0 Å². The average molecular weight is 266 g/mol. The molecule has 2 rings (SSSR count). The first-order chi connectivity index (χ1) is 9.17. The van der Waals surface area contributed by atoms with Crippen molar-refractivity contribution in [2.24, 2.45) is 5.73 Å². The summed E-state index contributed by atoms with van der Waals surface area (Å²) in [6.45, 7) is 3.78. The monoisotopic (exact) mass is 266 g/mol. The van der Waals surface area contributed by atoms with Gasteiger partial charge in [0.05, 0.1) is 12.7 Å². The first-order valence-electron chi connectivity index (χ1n) is 6.36. The van der Waals surface area contributed by atoms with E-state index in [1.54, 1.807) is 11.1 Å². The Kier molecular flexibility index (Phi) is 4.10. The fraction of sp³-hybridized carbons (Fsp3) is 0.636. The van der Waals surface area contributed by atoms with Gasteiger partial charge < -0.3 is 16.0 Å². The summed E-state index contributed by atoms with van der Waals surface area (Å²) in [5.74, 6) is -0.374. The van der Waals surface area contributed by atoms with Crippen molar-refractivity contribution in [2.45, 2.75) is 25.9 Å². The maximum atomic E-state index is 12.3. The molecule has 2 amide bonds. The van der Waals surface area contributed by atoms with E-state index in [1.807, 2.05) is 6.92 Å². The van der Waals surface area contributed by atoms with Crippen LogP contribution >= 0.6 is 0 Å². The van der Waals surface area contributed by atoms with Gasteiger partial charge in [0.25, 0.3) is 5.91 Å². The topological polar surface area (TPSA) is 106 Å². The number of rotatable bonds is 4. The molecule has 3 N–H and O–H groups in total. The van der Waals surface area contributed by atoms with Crippen molar-refractivity contribution in [3.8, 4) is 0 Å². The lowest BCUT2D eigenvalue weighted by Gasteiger charge is -2.33. The van der Waals surface area contributed by atoms with Gasteiger partial charge in [0.1, 0.15) is 6.04 Å². The van der Waals surface area contributed by atoms with E-state index in [9.17, 15) is 9.59 Å². The molecule has 1 aliphatic heterocycles. The summed E-state index contributed by atoms with van der Waals surface area (Å²) in [7, 11) is 0. The zero-order chi connectivity index (χ0) is 13.8. The summed E-state index contributed by atoms with van der Waals surface area (Å²) in [5.41, 5.74) is 5.67. The SMILES string of the molecule is CCC1C(=O)NCCN1C(=O)c1cn(CCN)nn1. The number of carbonyl (C=O) groups excluding carboxylic acids is 2. The summed E-state index contributed by atoms with van der Waals surface area (Å²) in [6.07, 6.45) is 2.14. The van der Waals surface area contributed by atoms with Crippen LogP contribution in [0.2, 0.25) is 0 Å². The Morgan fingerprint density at radius 2 is 2.42 bits per heavy atom. The van der Waals surface area contributed by atoms with E-state index in [0.29, 0.717) is 32.6 Å². The molecule has 19 heavy (non-hydrogen) atoms. The second-order valence-electron chi connectivity index (χ2n) is 4.37. The minimum Gasteiger partial charge on any atom is -0.353 e. The Balaban J connectivity index is 2.14. The summed E-state index contributed by atoms with van der Waals surface area (Å²) < 4.78 is 1.53. The minimum absolute atomic E-state index is 0.114. The van der Waals surface area contributed by atoms with Gasteiger partial charge in [0.2, 0.25) is 5.91 Å². The van der Waals surface area contributed by atoms with Crippen LogP contribution in [0.15, 0.2) is 6.20 Å².